The lowest BCUT2D eigenvalue weighted by Crippen LogP contribution is -2.39. The van der Waals surface area contributed by atoms with Crippen molar-refractivity contribution in [3.8, 4) is 0 Å². The van der Waals surface area contributed by atoms with Crippen molar-refractivity contribution in [3.63, 3.8) is 0 Å². The molecule has 9 heteroatoms. The third-order valence-electron chi connectivity index (χ3n) is 4.00. The highest BCUT2D eigenvalue weighted by atomic mass is 127. The van der Waals surface area contributed by atoms with Crippen LogP contribution in [0.2, 0.25) is 0 Å². The van der Waals surface area contributed by atoms with Gasteiger partial charge in [0.25, 0.3) is 0 Å². The van der Waals surface area contributed by atoms with Gasteiger partial charge in [0, 0.05) is 25.0 Å². The Balaban J connectivity index is 0.00000300. The summed E-state index contributed by atoms with van der Waals surface area (Å²) in [6, 6.07) is 8.15. The van der Waals surface area contributed by atoms with Gasteiger partial charge in [-0.25, -0.2) is 15.0 Å². The first kappa shape index (κ1) is 23.4. The first-order valence-corrected chi connectivity index (χ1v) is 10.3. The van der Waals surface area contributed by atoms with Gasteiger partial charge in [0.15, 0.2) is 11.1 Å². The van der Waals surface area contributed by atoms with Gasteiger partial charge in [-0.1, -0.05) is 44.2 Å². The number of benzene rings is 1. The fraction of sp³-hybridized carbons (Fsp3) is 0.450. The molecule has 0 bridgehead atoms. The standard InChI is InChI=1S/C20H28N6OS.HI/c1-5-21-18(25-13-17-24-12-16(27-17)20(2,3)4)22-10-11-23-19-26-14-8-6-7-9-15(14)28-19;/h6-9,12H,5,10-11,13H2,1-4H3,(H,23,26)(H2,21,22,25);1H. The summed E-state index contributed by atoms with van der Waals surface area (Å²) >= 11 is 1.66. The van der Waals surface area contributed by atoms with E-state index in [1.807, 2.05) is 25.1 Å². The fourth-order valence-electron chi connectivity index (χ4n) is 2.52. The van der Waals surface area contributed by atoms with E-state index < -0.39 is 0 Å². The summed E-state index contributed by atoms with van der Waals surface area (Å²) in [6.45, 7) is 11.0. The zero-order chi connectivity index (χ0) is 20.0. The zero-order valence-electron chi connectivity index (χ0n) is 17.3. The maximum atomic E-state index is 5.80. The van der Waals surface area contributed by atoms with E-state index in [4.69, 9.17) is 4.42 Å². The van der Waals surface area contributed by atoms with Gasteiger partial charge in [0.2, 0.25) is 5.89 Å². The van der Waals surface area contributed by atoms with Crippen molar-refractivity contribution in [3.05, 3.63) is 42.1 Å². The molecule has 1 aromatic carbocycles. The van der Waals surface area contributed by atoms with Crippen LogP contribution in [0.4, 0.5) is 5.13 Å². The number of aromatic nitrogens is 2. The molecule has 0 unspecified atom stereocenters. The van der Waals surface area contributed by atoms with Crippen molar-refractivity contribution < 1.29 is 4.42 Å². The summed E-state index contributed by atoms with van der Waals surface area (Å²) < 4.78 is 6.98. The molecular formula is C20H29IN6OS. The first-order valence-electron chi connectivity index (χ1n) is 9.52. The number of guanidine groups is 1. The number of hydrogen-bond acceptors (Lipinski definition) is 6. The molecule has 7 nitrogen and oxygen atoms in total. The van der Waals surface area contributed by atoms with Gasteiger partial charge in [0.1, 0.15) is 12.3 Å². The lowest BCUT2D eigenvalue weighted by atomic mass is 9.94. The minimum absolute atomic E-state index is 0. The average molecular weight is 528 g/mol. The first-order chi connectivity index (χ1) is 13.5. The van der Waals surface area contributed by atoms with Crippen LogP contribution in [0.25, 0.3) is 10.2 Å². The smallest absolute Gasteiger partial charge is 0.216 e. The van der Waals surface area contributed by atoms with Crippen LogP contribution < -0.4 is 16.0 Å². The second-order valence-electron chi connectivity index (χ2n) is 7.40. The van der Waals surface area contributed by atoms with Crippen molar-refractivity contribution in [2.45, 2.75) is 39.7 Å². The SMILES string of the molecule is CCNC(=NCc1ncc(C(C)(C)C)o1)NCCNc1nc2ccccc2s1.I. The van der Waals surface area contributed by atoms with Crippen LogP contribution in [0.1, 0.15) is 39.3 Å². The fourth-order valence-corrected chi connectivity index (χ4v) is 3.41. The normalized spacial score (nSPS) is 11.9. The molecule has 0 aliphatic rings. The van der Waals surface area contributed by atoms with Crippen LogP contribution in [0.5, 0.6) is 0 Å². The number of hydrogen-bond donors (Lipinski definition) is 3. The number of fused-ring (bicyclic) bond motifs is 1. The number of anilines is 1. The monoisotopic (exact) mass is 528 g/mol. The molecule has 0 aliphatic carbocycles. The Bertz CT molecular complexity index is 897. The van der Waals surface area contributed by atoms with Crippen LogP contribution in [0.3, 0.4) is 0 Å². The van der Waals surface area contributed by atoms with Crippen molar-refractivity contribution in [2.24, 2.45) is 4.99 Å². The average Bonchev–Trinajstić information content (AvgIpc) is 3.29. The van der Waals surface area contributed by atoms with Gasteiger partial charge in [0.05, 0.1) is 16.4 Å². The summed E-state index contributed by atoms with van der Waals surface area (Å²) in [5.41, 5.74) is 0.975. The lowest BCUT2D eigenvalue weighted by molar-refractivity contribution is 0.383. The largest absolute Gasteiger partial charge is 0.443 e. The van der Waals surface area contributed by atoms with Gasteiger partial charge in [-0.05, 0) is 19.1 Å². The number of para-hydroxylation sites is 1. The maximum absolute atomic E-state index is 5.80. The van der Waals surface area contributed by atoms with E-state index in [2.05, 4.69) is 57.7 Å². The van der Waals surface area contributed by atoms with Crippen molar-refractivity contribution in [1.29, 1.82) is 0 Å². The Labute approximate surface area is 192 Å². The molecule has 3 N–H and O–H groups in total. The number of nitrogens with one attached hydrogen (secondary N) is 3. The number of thiazole rings is 1. The number of nitrogens with zero attached hydrogens (tertiary/aromatic N) is 3. The van der Waals surface area contributed by atoms with Gasteiger partial charge in [-0.15, -0.1) is 24.0 Å². The van der Waals surface area contributed by atoms with E-state index in [-0.39, 0.29) is 29.4 Å². The highest BCUT2D eigenvalue weighted by Crippen LogP contribution is 2.25. The molecule has 0 saturated heterocycles. The van der Waals surface area contributed by atoms with E-state index >= 15 is 0 Å². The van der Waals surface area contributed by atoms with Crippen molar-refractivity contribution in [2.75, 3.05) is 25.0 Å². The number of aliphatic imine (C=N–C) groups is 1. The van der Waals surface area contributed by atoms with E-state index in [9.17, 15) is 0 Å². The highest BCUT2D eigenvalue weighted by Gasteiger charge is 2.19. The Morgan fingerprint density at radius 1 is 1.17 bits per heavy atom. The summed E-state index contributed by atoms with van der Waals surface area (Å²) in [6.07, 6.45) is 1.78. The molecule has 0 amide bonds. The molecule has 158 valence electrons. The lowest BCUT2D eigenvalue weighted by Gasteiger charge is -2.13. The molecule has 0 spiro atoms. The van der Waals surface area contributed by atoms with Crippen LogP contribution in [-0.2, 0) is 12.0 Å². The Kier molecular flexibility index (Phi) is 8.69. The Hall–Kier alpha value is -1.88. The Morgan fingerprint density at radius 3 is 2.66 bits per heavy atom. The second kappa shape index (κ2) is 10.8. The number of halogens is 1. The molecule has 2 aromatic heterocycles. The van der Waals surface area contributed by atoms with Gasteiger partial charge in [-0.2, -0.15) is 0 Å². The predicted molar refractivity (Wildman–Crippen MR) is 132 cm³/mol. The molecule has 0 radical (unpaired) electrons. The summed E-state index contributed by atoms with van der Waals surface area (Å²) in [5, 5.41) is 10.8. The second-order valence-corrected chi connectivity index (χ2v) is 8.43. The number of oxazole rings is 1. The van der Waals surface area contributed by atoms with E-state index in [1.165, 1.54) is 4.70 Å². The zero-order valence-corrected chi connectivity index (χ0v) is 20.4. The third-order valence-corrected chi connectivity index (χ3v) is 4.99. The van der Waals surface area contributed by atoms with Gasteiger partial charge < -0.3 is 20.4 Å². The molecular weight excluding hydrogens is 499 g/mol. The molecule has 0 aliphatic heterocycles. The summed E-state index contributed by atoms with van der Waals surface area (Å²) in [7, 11) is 0. The van der Waals surface area contributed by atoms with E-state index in [1.54, 1.807) is 17.5 Å². The van der Waals surface area contributed by atoms with Crippen molar-refractivity contribution in [1.82, 2.24) is 20.6 Å². The summed E-state index contributed by atoms with van der Waals surface area (Å²) in [5.74, 6) is 2.23. The van der Waals surface area contributed by atoms with E-state index in [0.29, 0.717) is 12.4 Å². The topological polar surface area (TPSA) is 87.4 Å². The van der Waals surface area contributed by atoms with E-state index in [0.717, 1.165) is 42.0 Å². The minimum Gasteiger partial charge on any atom is -0.443 e. The summed E-state index contributed by atoms with van der Waals surface area (Å²) in [4.78, 5) is 13.5. The van der Waals surface area contributed by atoms with Crippen LogP contribution in [-0.4, -0.2) is 35.6 Å². The molecule has 2 heterocycles. The van der Waals surface area contributed by atoms with Gasteiger partial charge >= 0.3 is 0 Å². The molecule has 0 saturated carbocycles. The van der Waals surface area contributed by atoms with Crippen LogP contribution in [0.15, 0.2) is 39.9 Å². The number of rotatable bonds is 7. The van der Waals surface area contributed by atoms with Crippen LogP contribution >= 0.6 is 35.3 Å². The van der Waals surface area contributed by atoms with Gasteiger partial charge in [-0.3, -0.25) is 0 Å². The molecule has 3 rings (SSSR count). The van der Waals surface area contributed by atoms with Crippen LogP contribution in [0, 0.1) is 0 Å². The molecule has 29 heavy (non-hydrogen) atoms. The van der Waals surface area contributed by atoms with Crippen molar-refractivity contribution >= 4 is 56.6 Å². The maximum Gasteiger partial charge on any atom is 0.216 e. The molecule has 0 atom stereocenters. The minimum atomic E-state index is -0.0516. The third kappa shape index (κ3) is 6.84. The Morgan fingerprint density at radius 2 is 1.97 bits per heavy atom. The molecule has 3 aromatic rings. The predicted octanol–water partition coefficient (Wildman–Crippen LogP) is 4.37. The molecule has 0 fully saturated rings. The highest BCUT2D eigenvalue weighted by molar-refractivity contribution is 14.0. The quantitative estimate of drug-likeness (QED) is 0.183.